The molecule has 1 atom stereocenters. The van der Waals surface area contributed by atoms with E-state index >= 15 is 0 Å². The molecule has 9 heteroatoms. The molecule has 1 rings (SSSR count). The van der Waals surface area contributed by atoms with E-state index < -0.39 is 11.7 Å². The van der Waals surface area contributed by atoms with E-state index in [4.69, 9.17) is 4.74 Å². The summed E-state index contributed by atoms with van der Waals surface area (Å²) in [7, 11) is 1.76. The maximum Gasteiger partial charge on any atom is 0.407 e. The molecule has 0 aliphatic rings. The Labute approximate surface area is 199 Å². The molecule has 174 valence electrons. The SMILES string of the molecule is CCCCC(CNC(=O)OC(C)(C)C)NC(=NC)NCCCn1nc(C)cc1C.I. The predicted octanol–water partition coefficient (Wildman–Crippen LogP) is 3.76. The number of carbonyl (C=O) groups excluding carboxylic acids is 1. The first-order chi connectivity index (χ1) is 13.6. The van der Waals surface area contributed by atoms with Crippen molar-refractivity contribution >= 4 is 36.0 Å². The summed E-state index contributed by atoms with van der Waals surface area (Å²) in [5.74, 6) is 0.741. The molecule has 0 bridgehead atoms. The predicted molar refractivity (Wildman–Crippen MR) is 134 cm³/mol. The van der Waals surface area contributed by atoms with Crippen LogP contribution in [0.15, 0.2) is 11.1 Å². The van der Waals surface area contributed by atoms with Crippen LogP contribution in [0.2, 0.25) is 0 Å². The van der Waals surface area contributed by atoms with E-state index in [1.807, 2.05) is 32.4 Å². The molecule has 30 heavy (non-hydrogen) atoms. The number of ether oxygens (including phenoxy) is 1. The smallest absolute Gasteiger partial charge is 0.407 e. The molecule has 0 radical (unpaired) electrons. The zero-order valence-electron chi connectivity index (χ0n) is 19.7. The van der Waals surface area contributed by atoms with Gasteiger partial charge in [-0.1, -0.05) is 19.8 Å². The van der Waals surface area contributed by atoms with E-state index in [9.17, 15) is 4.79 Å². The zero-order valence-corrected chi connectivity index (χ0v) is 22.0. The van der Waals surface area contributed by atoms with Gasteiger partial charge in [0.05, 0.1) is 5.69 Å². The van der Waals surface area contributed by atoms with E-state index in [-0.39, 0.29) is 30.0 Å². The van der Waals surface area contributed by atoms with Gasteiger partial charge in [-0.3, -0.25) is 9.67 Å². The highest BCUT2D eigenvalue weighted by atomic mass is 127. The second-order valence-corrected chi connectivity index (χ2v) is 8.37. The van der Waals surface area contributed by atoms with Crippen LogP contribution in [0.4, 0.5) is 4.79 Å². The number of unbranched alkanes of at least 4 members (excludes halogenated alkanes) is 1. The Morgan fingerprint density at radius 3 is 2.50 bits per heavy atom. The number of aromatic nitrogens is 2. The zero-order chi connectivity index (χ0) is 21.9. The number of aliphatic imine (C=N–C) groups is 1. The Morgan fingerprint density at radius 1 is 1.27 bits per heavy atom. The van der Waals surface area contributed by atoms with Crippen molar-refractivity contribution in [2.45, 2.75) is 85.4 Å². The summed E-state index contributed by atoms with van der Waals surface area (Å²) in [6.45, 7) is 14.0. The Hall–Kier alpha value is -1.52. The molecule has 0 aliphatic carbocycles. The van der Waals surface area contributed by atoms with Crippen molar-refractivity contribution in [2.75, 3.05) is 20.1 Å². The number of rotatable bonds is 10. The first-order valence-corrected chi connectivity index (χ1v) is 10.6. The standard InChI is InChI=1S/C21H40N6O2.HI/c1-8-9-11-18(15-24-20(28)29-21(4,5)6)25-19(22-7)23-12-10-13-27-17(3)14-16(2)26-27;/h14,18H,8-13,15H2,1-7H3,(H,24,28)(H2,22,23,25);1H. The van der Waals surface area contributed by atoms with Gasteiger partial charge in [-0.15, -0.1) is 24.0 Å². The van der Waals surface area contributed by atoms with Crippen molar-refractivity contribution in [3.05, 3.63) is 17.5 Å². The average Bonchev–Trinajstić information content (AvgIpc) is 2.95. The largest absolute Gasteiger partial charge is 0.444 e. The summed E-state index contributed by atoms with van der Waals surface area (Å²) in [4.78, 5) is 16.3. The van der Waals surface area contributed by atoms with Gasteiger partial charge in [0.1, 0.15) is 5.60 Å². The molecule has 0 aliphatic heterocycles. The van der Waals surface area contributed by atoms with Crippen molar-refractivity contribution in [3.63, 3.8) is 0 Å². The van der Waals surface area contributed by atoms with Crippen LogP contribution in [0, 0.1) is 13.8 Å². The van der Waals surface area contributed by atoms with E-state index in [1.165, 1.54) is 5.69 Å². The first-order valence-electron chi connectivity index (χ1n) is 10.6. The normalized spacial score (nSPS) is 12.7. The minimum atomic E-state index is -0.501. The number of nitrogens with one attached hydrogen (secondary N) is 3. The van der Waals surface area contributed by atoms with Gasteiger partial charge in [0.25, 0.3) is 0 Å². The third-order valence-corrected chi connectivity index (χ3v) is 4.30. The summed E-state index contributed by atoms with van der Waals surface area (Å²) in [6, 6.07) is 2.17. The fourth-order valence-electron chi connectivity index (χ4n) is 2.92. The highest BCUT2D eigenvalue weighted by Gasteiger charge is 2.18. The molecule has 1 amide bonds. The Bertz CT molecular complexity index is 654. The summed E-state index contributed by atoms with van der Waals surface area (Å²) in [6.07, 6.45) is 3.66. The van der Waals surface area contributed by atoms with Crippen molar-refractivity contribution in [3.8, 4) is 0 Å². The summed E-state index contributed by atoms with van der Waals surface area (Å²) in [5, 5.41) is 14.1. The lowest BCUT2D eigenvalue weighted by atomic mass is 10.1. The number of aryl methyl sites for hydroxylation is 3. The number of halogens is 1. The topological polar surface area (TPSA) is 92.6 Å². The minimum Gasteiger partial charge on any atom is -0.444 e. The molecule has 3 N–H and O–H groups in total. The molecule has 0 aromatic carbocycles. The third kappa shape index (κ3) is 12.2. The number of amides is 1. The highest BCUT2D eigenvalue weighted by molar-refractivity contribution is 14.0. The van der Waals surface area contributed by atoms with Crippen LogP contribution in [0.25, 0.3) is 0 Å². The van der Waals surface area contributed by atoms with Crippen molar-refractivity contribution in [1.82, 2.24) is 25.7 Å². The lowest BCUT2D eigenvalue weighted by Gasteiger charge is -2.24. The molecular formula is C21H41IN6O2. The van der Waals surface area contributed by atoms with E-state index in [2.05, 4.69) is 46.0 Å². The lowest BCUT2D eigenvalue weighted by Crippen LogP contribution is -2.49. The van der Waals surface area contributed by atoms with Crippen LogP contribution >= 0.6 is 24.0 Å². The van der Waals surface area contributed by atoms with Crippen molar-refractivity contribution in [2.24, 2.45) is 4.99 Å². The molecule has 0 fully saturated rings. The fraction of sp³-hybridized carbons (Fsp3) is 0.762. The van der Waals surface area contributed by atoms with Gasteiger partial charge >= 0.3 is 6.09 Å². The van der Waals surface area contributed by atoms with Crippen LogP contribution in [-0.4, -0.2) is 53.6 Å². The van der Waals surface area contributed by atoms with Gasteiger partial charge in [-0.2, -0.15) is 5.10 Å². The number of hydrogen-bond acceptors (Lipinski definition) is 4. The van der Waals surface area contributed by atoms with Crippen molar-refractivity contribution in [1.29, 1.82) is 0 Å². The second kappa shape index (κ2) is 14.5. The van der Waals surface area contributed by atoms with Crippen LogP contribution in [0.3, 0.4) is 0 Å². The van der Waals surface area contributed by atoms with Crippen molar-refractivity contribution < 1.29 is 9.53 Å². The number of nitrogens with zero attached hydrogens (tertiary/aromatic N) is 3. The molecule has 0 spiro atoms. The lowest BCUT2D eigenvalue weighted by molar-refractivity contribution is 0.0523. The van der Waals surface area contributed by atoms with E-state index in [1.54, 1.807) is 7.05 Å². The van der Waals surface area contributed by atoms with Gasteiger partial charge in [0, 0.05) is 38.4 Å². The molecule has 8 nitrogen and oxygen atoms in total. The molecule has 1 aromatic heterocycles. The molecule has 1 unspecified atom stereocenters. The minimum absolute atomic E-state index is 0. The van der Waals surface area contributed by atoms with Gasteiger partial charge in [-0.25, -0.2) is 4.79 Å². The average molecular weight is 537 g/mol. The molecule has 0 saturated heterocycles. The van der Waals surface area contributed by atoms with Crippen LogP contribution < -0.4 is 16.0 Å². The maximum absolute atomic E-state index is 12.0. The maximum atomic E-state index is 12.0. The third-order valence-electron chi connectivity index (χ3n) is 4.30. The van der Waals surface area contributed by atoms with Gasteiger partial charge < -0.3 is 20.7 Å². The van der Waals surface area contributed by atoms with Crippen LogP contribution in [-0.2, 0) is 11.3 Å². The number of alkyl carbamates (subject to hydrolysis) is 1. The Balaban J connectivity index is 0.00000841. The fourth-order valence-corrected chi connectivity index (χ4v) is 2.92. The Kier molecular flexibility index (Phi) is 13.7. The van der Waals surface area contributed by atoms with Crippen LogP contribution in [0.1, 0.15) is 64.8 Å². The van der Waals surface area contributed by atoms with E-state index in [0.717, 1.165) is 50.4 Å². The highest BCUT2D eigenvalue weighted by Crippen LogP contribution is 2.07. The quantitative estimate of drug-likeness (QED) is 0.183. The second-order valence-electron chi connectivity index (χ2n) is 8.37. The molecule has 1 heterocycles. The van der Waals surface area contributed by atoms with Gasteiger partial charge in [-0.05, 0) is 53.5 Å². The molecule has 1 aromatic rings. The van der Waals surface area contributed by atoms with Gasteiger partial charge in [0.2, 0.25) is 0 Å². The Morgan fingerprint density at radius 2 is 1.97 bits per heavy atom. The number of guanidine groups is 1. The number of hydrogen-bond donors (Lipinski definition) is 3. The summed E-state index contributed by atoms with van der Waals surface area (Å²) < 4.78 is 7.35. The monoisotopic (exact) mass is 536 g/mol. The van der Waals surface area contributed by atoms with Crippen LogP contribution in [0.5, 0.6) is 0 Å². The summed E-state index contributed by atoms with van der Waals surface area (Å²) in [5.41, 5.74) is 1.72. The molecular weight excluding hydrogens is 495 g/mol. The van der Waals surface area contributed by atoms with E-state index in [0.29, 0.717) is 6.54 Å². The number of carbonyl (C=O) groups is 1. The summed E-state index contributed by atoms with van der Waals surface area (Å²) >= 11 is 0. The first kappa shape index (κ1) is 28.5. The molecule has 0 saturated carbocycles. The van der Waals surface area contributed by atoms with Gasteiger partial charge in [0.15, 0.2) is 5.96 Å².